The maximum atomic E-state index is 13.6. The van der Waals surface area contributed by atoms with Crippen LogP contribution in [0, 0.1) is 0 Å². The van der Waals surface area contributed by atoms with Crippen molar-refractivity contribution in [3.05, 3.63) is 29.3 Å². The van der Waals surface area contributed by atoms with E-state index in [9.17, 15) is 9.59 Å². The van der Waals surface area contributed by atoms with E-state index < -0.39 is 0 Å². The summed E-state index contributed by atoms with van der Waals surface area (Å²) >= 11 is 0. The van der Waals surface area contributed by atoms with Crippen LogP contribution in [-0.4, -0.2) is 31.5 Å². The van der Waals surface area contributed by atoms with Crippen LogP contribution in [0.3, 0.4) is 0 Å². The highest BCUT2D eigenvalue weighted by molar-refractivity contribution is 6.00. The molecular formula is C79H150N2O3. The van der Waals surface area contributed by atoms with E-state index in [0.717, 1.165) is 38.5 Å². The molecule has 5 nitrogen and oxygen atoms in total. The van der Waals surface area contributed by atoms with Crippen molar-refractivity contribution in [2.45, 2.75) is 438 Å². The number of nitrogens with one attached hydrogen (secondary N) is 2. The minimum atomic E-state index is -0.0896. The number of rotatable bonds is 71. The average molecular weight is 1180 g/mol. The van der Waals surface area contributed by atoms with Crippen LogP contribution in [0.1, 0.15) is 459 Å². The van der Waals surface area contributed by atoms with Gasteiger partial charge < -0.3 is 15.4 Å². The first-order valence-corrected chi connectivity index (χ1v) is 39.0. The lowest BCUT2D eigenvalue weighted by atomic mass is 10.0. The smallest absolute Gasteiger partial charge is 0.255 e. The van der Waals surface area contributed by atoms with Crippen molar-refractivity contribution in [2.24, 2.45) is 0 Å². The molecule has 0 aliphatic carbocycles. The Kier molecular flexibility index (Phi) is 65.2. The Hall–Kier alpha value is -2.04. The molecule has 0 fully saturated rings. The molecule has 0 bridgehead atoms. The van der Waals surface area contributed by atoms with Crippen LogP contribution in [-0.2, 0) is 0 Å². The van der Waals surface area contributed by atoms with Crippen molar-refractivity contribution < 1.29 is 14.3 Å². The Morgan fingerprint density at radius 2 is 0.464 bits per heavy atom. The molecule has 0 saturated heterocycles. The van der Waals surface area contributed by atoms with Crippen LogP contribution in [0.2, 0.25) is 0 Å². The van der Waals surface area contributed by atoms with E-state index in [4.69, 9.17) is 4.74 Å². The Bertz CT molecular complexity index is 1460. The molecule has 2 N–H and O–H groups in total. The fourth-order valence-electron chi connectivity index (χ4n) is 12.8. The minimum absolute atomic E-state index is 0.0708. The molecule has 0 radical (unpaired) electrons. The van der Waals surface area contributed by atoms with E-state index in [1.165, 1.54) is 379 Å². The summed E-state index contributed by atoms with van der Waals surface area (Å²) in [4.78, 5) is 26.9. The molecule has 0 aliphatic rings. The van der Waals surface area contributed by atoms with Crippen LogP contribution >= 0.6 is 0 Å². The van der Waals surface area contributed by atoms with E-state index in [-0.39, 0.29) is 11.8 Å². The summed E-state index contributed by atoms with van der Waals surface area (Å²) in [5.74, 6) is 0.386. The van der Waals surface area contributed by atoms with Crippen LogP contribution < -0.4 is 15.4 Å². The molecule has 5 heteroatoms. The summed E-state index contributed by atoms with van der Waals surface area (Å²) in [7, 11) is 0. The number of hydrogen-bond acceptors (Lipinski definition) is 3. The fraction of sp³-hybridized carbons (Fsp3) is 0.899. The molecule has 1 aromatic rings. The van der Waals surface area contributed by atoms with Crippen LogP contribution in [0.5, 0.6) is 5.75 Å². The number of amides is 2. The lowest BCUT2D eigenvalue weighted by Crippen LogP contribution is -2.26. The zero-order chi connectivity index (χ0) is 60.2. The number of carbonyl (C=O) groups excluding carboxylic acids is 2. The minimum Gasteiger partial charge on any atom is -0.493 e. The third kappa shape index (κ3) is 57.7. The van der Waals surface area contributed by atoms with E-state index in [1.807, 2.05) is 18.2 Å². The van der Waals surface area contributed by atoms with Crippen molar-refractivity contribution in [3.8, 4) is 5.75 Å². The van der Waals surface area contributed by atoms with Crippen molar-refractivity contribution in [2.75, 3.05) is 19.7 Å². The second kappa shape index (κ2) is 68.5. The summed E-state index contributed by atoms with van der Waals surface area (Å²) in [6, 6.07) is 5.44. The van der Waals surface area contributed by atoms with Gasteiger partial charge in [0.05, 0.1) is 12.2 Å². The quantitative estimate of drug-likeness (QED) is 0.0639. The molecule has 1 aromatic carbocycles. The maximum absolute atomic E-state index is 13.6. The van der Waals surface area contributed by atoms with E-state index in [1.54, 1.807) is 0 Å². The highest BCUT2D eigenvalue weighted by Crippen LogP contribution is 2.24. The highest BCUT2D eigenvalue weighted by atomic mass is 16.5. The highest BCUT2D eigenvalue weighted by Gasteiger charge is 2.16. The van der Waals surface area contributed by atoms with Gasteiger partial charge in [0.25, 0.3) is 11.8 Å². The first-order valence-electron chi connectivity index (χ1n) is 39.0. The van der Waals surface area contributed by atoms with Gasteiger partial charge in [0.1, 0.15) is 5.75 Å². The normalized spacial score (nSPS) is 11.5. The Morgan fingerprint density at radius 3 is 0.702 bits per heavy atom. The second-order valence-electron chi connectivity index (χ2n) is 27.0. The van der Waals surface area contributed by atoms with Crippen molar-refractivity contribution in [3.63, 3.8) is 0 Å². The van der Waals surface area contributed by atoms with Gasteiger partial charge in [-0.05, 0) is 37.5 Å². The number of carbonyl (C=O) groups is 2. The zero-order valence-corrected chi connectivity index (χ0v) is 57.5. The lowest BCUT2D eigenvalue weighted by molar-refractivity contribution is 0.0937. The lowest BCUT2D eigenvalue weighted by Gasteiger charge is -2.14. The third-order valence-corrected chi connectivity index (χ3v) is 18.6. The molecule has 0 atom stereocenters. The standard InChI is InChI=1S/C79H150N2O3/c1-4-7-10-13-16-19-22-25-28-30-32-34-36-38-40-42-44-46-48-51-54-57-60-63-66-71-80-78(82)75-69-70-76(77(74-75)84-73-68-65-62-59-56-53-50-27-24-21-18-15-12-9-6-3)79(83)81-72-67-64-61-58-55-52-49-47-45-43-41-39-37-35-33-31-29-26-23-20-17-14-11-8-5-2/h69-70,74H,4-68,71-73H2,1-3H3,(H,80,82)(H,81,83). The van der Waals surface area contributed by atoms with Gasteiger partial charge in [0.2, 0.25) is 0 Å². The Morgan fingerprint density at radius 1 is 0.262 bits per heavy atom. The van der Waals surface area contributed by atoms with Crippen LogP contribution in [0.15, 0.2) is 18.2 Å². The van der Waals surface area contributed by atoms with E-state index >= 15 is 0 Å². The number of benzene rings is 1. The van der Waals surface area contributed by atoms with Gasteiger partial charge in [-0.1, -0.05) is 419 Å². The first-order chi connectivity index (χ1) is 41.6. The van der Waals surface area contributed by atoms with Crippen molar-refractivity contribution >= 4 is 11.8 Å². The van der Waals surface area contributed by atoms with Gasteiger partial charge in [-0.15, -0.1) is 0 Å². The monoisotopic (exact) mass is 1180 g/mol. The number of hydrogen-bond donors (Lipinski definition) is 2. The first kappa shape index (κ1) is 80.0. The zero-order valence-electron chi connectivity index (χ0n) is 57.5. The molecule has 0 aromatic heterocycles. The second-order valence-corrected chi connectivity index (χ2v) is 27.0. The molecule has 2 amide bonds. The van der Waals surface area contributed by atoms with Gasteiger partial charge >= 0.3 is 0 Å². The summed E-state index contributed by atoms with van der Waals surface area (Å²) in [5.41, 5.74) is 1.13. The molecule has 494 valence electrons. The molecule has 0 spiro atoms. The Balaban J connectivity index is 2.25. The number of unbranched alkanes of at least 4 members (excludes halogenated alkanes) is 62. The largest absolute Gasteiger partial charge is 0.493 e. The average Bonchev–Trinajstić information content (AvgIpc) is 3.68. The van der Waals surface area contributed by atoms with Crippen molar-refractivity contribution in [1.82, 2.24) is 10.6 Å². The van der Waals surface area contributed by atoms with Gasteiger partial charge in [-0.25, -0.2) is 0 Å². The molecule has 84 heavy (non-hydrogen) atoms. The molecule has 0 unspecified atom stereocenters. The van der Waals surface area contributed by atoms with Gasteiger partial charge in [0, 0.05) is 18.7 Å². The Labute approximate surface area is 527 Å². The third-order valence-electron chi connectivity index (χ3n) is 18.6. The molecule has 1 rings (SSSR count). The number of ether oxygens (including phenoxy) is 1. The fourth-order valence-corrected chi connectivity index (χ4v) is 12.8. The molecule has 0 heterocycles. The summed E-state index contributed by atoms with van der Waals surface area (Å²) in [5, 5.41) is 6.36. The predicted molar refractivity (Wildman–Crippen MR) is 374 cm³/mol. The summed E-state index contributed by atoms with van der Waals surface area (Å²) < 4.78 is 6.34. The molecule has 0 saturated carbocycles. The molecule has 0 aliphatic heterocycles. The van der Waals surface area contributed by atoms with E-state index in [0.29, 0.717) is 36.6 Å². The summed E-state index contributed by atoms with van der Waals surface area (Å²) in [6.45, 7) is 8.85. The predicted octanol–water partition coefficient (Wildman–Crippen LogP) is 26.9. The SMILES string of the molecule is CCCCCCCCCCCCCCCCCCCCCCCCCCCNC(=O)c1ccc(C(=O)NCCCCCCCCCCCCCCCCCCCCCCCCCCC)c(OCCCCCCCCCCCCCCCCC)c1. The topological polar surface area (TPSA) is 67.4 Å². The molecular weight excluding hydrogens is 1020 g/mol. The maximum Gasteiger partial charge on any atom is 0.255 e. The van der Waals surface area contributed by atoms with Gasteiger partial charge in [0.15, 0.2) is 0 Å². The van der Waals surface area contributed by atoms with Crippen molar-refractivity contribution in [1.29, 1.82) is 0 Å². The van der Waals surface area contributed by atoms with Crippen LogP contribution in [0.4, 0.5) is 0 Å². The van der Waals surface area contributed by atoms with Crippen LogP contribution in [0.25, 0.3) is 0 Å². The van der Waals surface area contributed by atoms with Gasteiger partial charge in [-0.3, -0.25) is 9.59 Å². The van der Waals surface area contributed by atoms with Gasteiger partial charge in [-0.2, -0.15) is 0 Å². The summed E-state index contributed by atoms with van der Waals surface area (Å²) in [6.07, 6.45) is 89.4. The van der Waals surface area contributed by atoms with E-state index in [2.05, 4.69) is 31.4 Å².